The second-order valence-corrected chi connectivity index (χ2v) is 8.07. The van der Waals surface area contributed by atoms with Crippen molar-refractivity contribution in [1.82, 2.24) is 29.4 Å². The van der Waals surface area contributed by atoms with Crippen LogP contribution in [0.5, 0.6) is 0 Å². The summed E-state index contributed by atoms with van der Waals surface area (Å²) in [4.78, 5) is 31.9. The fourth-order valence-corrected chi connectivity index (χ4v) is 4.06. The first kappa shape index (κ1) is 17.9. The van der Waals surface area contributed by atoms with E-state index >= 15 is 0 Å². The lowest BCUT2D eigenvalue weighted by molar-refractivity contribution is 0.0948. The number of amides is 1. The zero-order valence-corrected chi connectivity index (χ0v) is 16.2. The average molecular weight is 386 g/mol. The number of nitrogens with one attached hydrogen (secondary N) is 1. The van der Waals surface area contributed by atoms with E-state index < -0.39 is 5.91 Å². The first-order valence-electron chi connectivity index (χ1n) is 9.02. The van der Waals surface area contributed by atoms with Gasteiger partial charge in [-0.25, -0.2) is 4.98 Å². The van der Waals surface area contributed by atoms with Gasteiger partial charge < -0.3 is 5.32 Å². The van der Waals surface area contributed by atoms with E-state index in [-0.39, 0.29) is 17.7 Å². The van der Waals surface area contributed by atoms with Gasteiger partial charge >= 0.3 is 0 Å². The Morgan fingerprint density at radius 1 is 1.37 bits per heavy atom. The number of aromatic nitrogens is 4. The molecule has 142 valence electrons. The fraction of sp³-hybridized carbons (Fsp3) is 0.444. The summed E-state index contributed by atoms with van der Waals surface area (Å²) in [6.07, 6.45) is 2.96. The van der Waals surface area contributed by atoms with E-state index in [1.165, 1.54) is 21.9 Å². The summed E-state index contributed by atoms with van der Waals surface area (Å²) >= 11 is 1.35. The number of rotatable bonds is 5. The molecular weight excluding hydrogens is 364 g/mol. The van der Waals surface area contributed by atoms with Crippen molar-refractivity contribution in [3.05, 3.63) is 51.1 Å². The van der Waals surface area contributed by atoms with Gasteiger partial charge in [-0.05, 0) is 12.0 Å². The summed E-state index contributed by atoms with van der Waals surface area (Å²) in [7, 11) is 0. The third kappa shape index (κ3) is 3.65. The third-order valence-corrected chi connectivity index (χ3v) is 5.34. The van der Waals surface area contributed by atoms with Gasteiger partial charge in [0.15, 0.2) is 4.96 Å². The van der Waals surface area contributed by atoms with Crippen LogP contribution < -0.4 is 10.9 Å². The lowest BCUT2D eigenvalue weighted by Crippen LogP contribution is -2.36. The number of nitrogens with zero attached hydrogens (tertiary/aromatic N) is 5. The van der Waals surface area contributed by atoms with Gasteiger partial charge in [0.1, 0.15) is 5.56 Å². The highest BCUT2D eigenvalue weighted by atomic mass is 32.1. The van der Waals surface area contributed by atoms with Gasteiger partial charge in [0.05, 0.1) is 24.5 Å². The summed E-state index contributed by atoms with van der Waals surface area (Å²) in [5.41, 5.74) is 1.65. The molecule has 9 heteroatoms. The molecule has 1 amide bonds. The Morgan fingerprint density at radius 2 is 2.22 bits per heavy atom. The summed E-state index contributed by atoms with van der Waals surface area (Å²) in [6.45, 7) is 8.51. The van der Waals surface area contributed by atoms with Crippen molar-refractivity contribution < 1.29 is 4.79 Å². The number of thiazole rings is 1. The van der Waals surface area contributed by atoms with Crippen molar-refractivity contribution in [3.8, 4) is 0 Å². The molecule has 8 nitrogen and oxygen atoms in total. The normalized spacial score (nSPS) is 14.6. The van der Waals surface area contributed by atoms with Gasteiger partial charge in [0, 0.05) is 37.4 Å². The van der Waals surface area contributed by atoms with Gasteiger partial charge in [-0.1, -0.05) is 13.8 Å². The molecule has 3 aromatic heterocycles. The van der Waals surface area contributed by atoms with Crippen molar-refractivity contribution in [3.63, 3.8) is 0 Å². The molecule has 0 saturated heterocycles. The Hall–Kier alpha value is -2.52. The monoisotopic (exact) mass is 386 g/mol. The number of carbonyl (C=O) groups excluding carboxylic acids is 1. The Bertz CT molecular complexity index is 1030. The van der Waals surface area contributed by atoms with Crippen molar-refractivity contribution in [1.29, 1.82) is 0 Å². The van der Waals surface area contributed by atoms with Crippen LogP contribution in [0.2, 0.25) is 0 Å². The smallest absolute Gasteiger partial charge is 0.271 e. The van der Waals surface area contributed by atoms with Gasteiger partial charge in [-0.3, -0.25) is 23.6 Å². The predicted molar refractivity (Wildman–Crippen MR) is 103 cm³/mol. The molecule has 0 bridgehead atoms. The van der Waals surface area contributed by atoms with E-state index in [2.05, 4.69) is 34.1 Å². The Morgan fingerprint density at radius 3 is 3.04 bits per heavy atom. The van der Waals surface area contributed by atoms with Crippen LogP contribution in [0.25, 0.3) is 4.96 Å². The minimum Gasteiger partial charge on any atom is -0.346 e. The number of fused-ring (bicyclic) bond motifs is 2. The second-order valence-electron chi connectivity index (χ2n) is 7.19. The highest BCUT2D eigenvalue weighted by Gasteiger charge is 2.19. The molecule has 3 aromatic rings. The van der Waals surface area contributed by atoms with Crippen LogP contribution in [0.1, 0.15) is 35.6 Å². The van der Waals surface area contributed by atoms with Crippen molar-refractivity contribution in [2.24, 2.45) is 5.92 Å². The van der Waals surface area contributed by atoms with Gasteiger partial charge in [-0.2, -0.15) is 5.10 Å². The maximum Gasteiger partial charge on any atom is 0.271 e. The molecule has 0 saturated carbocycles. The molecule has 0 atom stereocenters. The largest absolute Gasteiger partial charge is 0.346 e. The molecule has 27 heavy (non-hydrogen) atoms. The van der Waals surface area contributed by atoms with E-state index in [4.69, 9.17) is 0 Å². The zero-order valence-electron chi connectivity index (χ0n) is 15.4. The second kappa shape index (κ2) is 7.24. The summed E-state index contributed by atoms with van der Waals surface area (Å²) in [6, 6.07) is 2.03. The molecular formula is C18H22N6O2S. The molecule has 1 aliphatic rings. The minimum atomic E-state index is -0.430. The number of hydrogen-bond donors (Lipinski definition) is 1. The summed E-state index contributed by atoms with van der Waals surface area (Å²) in [5, 5.41) is 9.13. The minimum absolute atomic E-state index is 0.0398. The van der Waals surface area contributed by atoms with Crippen LogP contribution in [0, 0.1) is 5.92 Å². The molecule has 0 spiro atoms. The maximum atomic E-state index is 12.4. The molecule has 4 rings (SSSR count). The molecule has 1 N–H and O–H groups in total. The first-order valence-corrected chi connectivity index (χ1v) is 9.90. The molecule has 0 radical (unpaired) electrons. The third-order valence-electron chi connectivity index (χ3n) is 4.57. The molecule has 0 aromatic carbocycles. The van der Waals surface area contributed by atoms with Crippen LogP contribution in [0.15, 0.2) is 28.6 Å². The molecule has 4 heterocycles. The van der Waals surface area contributed by atoms with Gasteiger partial charge in [-0.15, -0.1) is 11.3 Å². The van der Waals surface area contributed by atoms with Crippen LogP contribution in [0.3, 0.4) is 0 Å². The SMILES string of the molecule is CC(C)CN1CCn2nc(CNC(=O)c3cnc4sccn4c3=O)cc2C1. The Kier molecular flexibility index (Phi) is 4.79. The van der Waals surface area contributed by atoms with Crippen molar-refractivity contribution >= 4 is 22.2 Å². The van der Waals surface area contributed by atoms with Crippen LogP contribution >= 0.6 is 11.3 Å². The van der Waals surface area contributed by atoms with Gasteiger partial charge in [0.25, 0.3) is 11.5 Å². The zero-order chi connectivity index (χ0) is 19.0. The standard InChI is InChI=1S/C18H22N6O2S/c1-12(2)10-22-3-4-24-14(11-22)7-13(21-24)8-19-16(25)15-9-20-18-23(17(15)26)5-6-27-18/h5-7,9,12H,3-4,8,10-11H2,1-2H3,(H,19,25). The van der Waals surface area contributed by atoms with Crippen LogP contribution in [-0.4, -0.2) is 43.1 Å². The van der Waals surface area contributed by atoms with E-state index in [1.807, 2.05) is 10.7 Å². The van der Waals surface area contributed by atoms with E-state index in [1.54, 1.807) is 11.6 Å². The predicted octanol–water partition coefficient (Wildman–Crippen LogP) is 1.35. The Balaban J connectivity index is 1.43. The highest BCUT2D eigenvalue weighted by Crippen LogP contribution is 2.15. The summed E-state index contributed by atoms with van der Waals surface area (Å²) < 4.78 is 3.39. The van der Waals surface area contributed by atoms with Crippen molar-refractivity contribution in [2.75, 3.05) is 13.1 Å². The van der Waals surface area contributed by atoms with E-state index in [9.17, 15) is 9.59 Å². The first-order chi connectivity index (χ1) is 13.0. The molecule has 1 aliphatic heterocycles. The lowest BCUT2D eigenvalue weighted by Gasteiger charge is -2.28. The average Bonchev–Trinajstić information content (AvgIpc) is 3.25. The van der Waals surface area contributed by atoms with Crippen molar-refractivity contribution in [2.45, 2.75) is 33.5 Å². The molecule has 0 aliphatic carbocycles. The van der Waals surface area contributed by atoms with Crippen LogP contribution in [0.4, 0.5) is 0 Å². The summed E-state index contributed by atoms with van der Waals surface area (Å²) in [5.74, 6) is 0.201. The number of hydrogen-bond acceptors (Lipinski definition) is 6. The maximum absolute atomic E-state index is 12.4. The van der Waals surface area contributed by atoms with E-state index in [0.717, 1.165) is 37.6 Å². The molecule has 0 unspecified atom stereocenters. The Labute approximate surface area is 160 Å². The quantitative estimate of drug-likeness (QED) is 0.716. The fourth-order valence-electron chi connectivity index (χ4n) is 3.39. The van der Waals surface area contributed by atoms with E-state index in [0.29, 0.717) is 10.9 Å². The van der Waals surface area contributed by atoms with Gasteiger partial charge in [0.2, 0.25) is 0 Å². The molecule has 0 fully saturated rings. The topological polar surface area (TPSA) is 84.5 Å². The highest BCUT2D eigenvalue weighted by molar-refractivity contribution is 7.15. The lowest BCUT2D eigenvalue weighted by atomic mass is 10.2. The van der Waals surface area contributed by atoms with Crippen LogP contribution in [-0.2, 0) is 19.6 Å². The number of carbonyl (C=O) groups is 1.